The molecule has 2 rings (SSSR count). The van der Waals surface area contributed by atoms with Crippen molar-refractivity contribution in [1.29, 1.82) is 0 Å². The number of para-hydroxylation sites is 1. The topological polar surface area (TPSA) is 60.7 Å². The summed E-state index contributed by atoms with van der Waals surface area (Å²) >= 11 is 1.25. The van der Waals surface area contributed by atoms with Gasteiger partial charge in [-0.1, -0.05) is 30.0 Å². The first kappa shape index (κ1) is 9.85. The Morgan fingerprint density at radius 1 is 1.33 bits per heavy atom. The van der Waals surface area contributed by atoms with E-state index in [2.05, 4.69) is 15.5 Å². The van der Waals surface area contributed by atoms with Crippen molar-refractivity contribution in [3.63, 3.8) is 0 Å². The van der Waals surface area contributed by atoms with E-state index in [0.717, 1.165) is 5.69 Å². The summed E-state index contributed by atoms with van der Waals surface area (Å²) in [5.41, 5.74) is 0.871. The first-order chi connectivity index (χ1) is 7.42. The standard InChI is InChI=1S/C9H7N4OS/c14-6-7-15-9-10-11-12-13(9)8-4-2-1-3-5-8/h1-5H,7H2. The Hall–Kier alpha value is -1.69. The number of nitrogens with zero attached hydrogens (tertiary/aromatic N) is 4. The van der Waals surface area contributed by atoms with Gasteiger partial charge in [0, 0.05) is 0 Å². The lowest BCUT2D eigenvalue weighted by Gasteiger charge is -2.01. The van der Waals surface area contributed by atoms with Crippen molar-refractivity contribution < 1.29 is 4.79 Å². The number of carbonyl (C=O) groups excluding carboxylic acids is 1. The molecule has 2 aromatic rings. The van der Waals surface area contributed by atoms with Crippen molar-refractivity contribution in [2.24, 2.45) is 0 Å². The van der Waals surface area contributed by atoms with Gasteiger partial charge in [0.1, 0.15) is 0 Å². The molecule has 15 heavy (non-hydrogen) atoms. The number of thioether (sulfide) groups is 1. The fraction of sp³-hybridized carbons (Fsp3) is 0.111. The molecule has 5 nitrogen and oxygen atoms in total. The molecule has 0 N–H and O–H groups in total. The van der Waals surface area contributed by atoms with Crippen LogP contribution in [-0.4, -0.2) is 32.2 Å². The molecule has 0 unspecified atom stereocenters. The molecule has 0 aliphatic carbocycles. The molecule has 0 atom stereocenters. The van der Waals surface area contributed by atoms with E-state index in [0.29, 0.717) is 5.16 Å². The van der Waals surface area contributed by atoms with Crippen LogP contribution >= 0.6 is 11.8 Å². The summed E-state index contributed by atoms with van der Waals surface area (Å²) in [6.07, 6.45) is 1.79. The highest BCUT2D eigenvalue weighted by atomic mass is 32.2. The molecule has 0 aliphatic rings. The molecular formula is C9H7N4OS. The Morgan fingerprint density at radius 2 is 2.13 bits per heavy atom. The SMILES string of the molecule is O=[C]CSc1nnnn1-c1ccccc1. The van der Waals surface area contributed by atoms with Crippen LogP contribution in [0.15, 0.2) is 35.5 Å². The molecule has 1 heterocycles. The second-order valence-corrected chi connectivity index (χ2v) is 3.58. The Bertz CT molecular complexity index is 442. The number of tetrazole rings is 1. The maximum absolute atomic E-state index is 10.1. The third kappa shape index (κ3) is 2.21. The highest BCUT2D eigenvalue weighted by Gasteiger charge is 2.07. The van der Waals surface area contributed by atoms with Gasteiger partial charge in [-0.25, -0.2) is 0 Å². The summed E-state index contributed by atoms with van der Waals surface area (Å²) in [7, 11) is 0. The van der Waals surface area contributed by atoms with E-state index >= 15 is 0 Å². The minimum absolute atomic E-state index is 0.229. The molecule has 0 aliphatic heterocycles. The van der Waals surface area contributed by atoms with Crippen LogP contribution in [0.5, 0.6) is 0 Å². The maximum atomic E-state index is 10.1. The molecular weight excluding hydrogens is 212 g/mol. The molecule has 0 saturated carbocycles. The van der Waals surface area contributed by atoms with Crippen molar-refractivity contribution in [3.05, 3.63) is 30.3 Å². The minimum Gasteiger partial charge on any atom is -0.290 e. The third-order valence-corrected chi connectivity index (χ3v) is 2.48. The van der Waals surface area contributed by atoms with Crippen LogP contribution in [-0.2, 0) is 4.79 Å². The number of aromatic nitrogens is 4. The molecule has 0 bridgehead atoms. The Kier molecular flexibility index (Phi) is 3.08. The van der Waals surface area contributed by atoms with Crippen LogP contribution in [0.2, 0.25) is 0 Å². The highest BCUT2D eigenvalue weighted by Crippen LogP contribution is 2.16. The fourth-order valence-electron chi connectivity index (χ4n) is 1.09. The van der Waals surface area contributed by atoms with Crippen LogP contribution in [0, 0.1) is 0 Å². The van der Waals surface area contributed by atoms with Crippen molar-refractivity contribution in [1.82, 2.24) is 20.2 Å². The van der Waals surface area contributed by atoms with Crippen LogP contribution in [0.25, 0.3) is 5.69 Å². The van der Waals surface area contributed by atoms with Gasteiger partial charge in [-0.05, 0) is 22.6 Å². The van der Waals surface area contributed by atoms with Gasteiger partial charge in [0.15, 0.2) is 0 Å². The van der Waals surface area contributed by atoms with E-state index in [1.807, 2.05) is 30.3 Å². The van der Waals surface area contributed by atoms with E-state index in [1.54, 1.807) is 11.0 Å². The highest BCUT2D eigenvalue weighted by molar-refractivity contribution is 7.99. The third-order valence-electron chi connectivity index (χ3n) is 1.70. The Morgan fingerprint density at radius 3 is 2.87 bits per heavy atom. The Labute approximate surface area is 90.5 Å². The van der Waals surface area contributed by atoms with Gasteiger partial charge in [-0.15, -0.1) is 5.10 Å². The van der Waals surface area contributed by atoms with E-state index < -0.39 is 0 Å². The summed E-state index contributed by atoms with van der Waals surface area (Å²) < 4.78 is 1.59. The lowest BCUT2D eigenvalue weighted by atomic mass is 10.3. The first-order valence-electron chi connectivity index (χ1n) is 4.23. The molecule has 0 spiro atoms. The molecule has 75 valence electrons. The first-order valence-corrected chi connectivity index (χ1v) is 5.22. The molecule has 6 heteroatoms. The summed E-state index contributed by atoms with van der Waals surface area (Å²) in [4.78, 5) is 10.1. The van der Waals surface area contributed by atoms with Crippen molar-refractivity contribution in [2.45, 2.75) is 5.16 Å². The average molecular weight is 219 g/mol. The maximum Gasteiger partial charge on any atom is 0.214 e. The Balaban J connectivity index is 2.29. The van der Waals surface area contributed by atoms with E-state index in [-0.39, 0.29) is 5.75 Å². The van der Waals surface area contributed by atoms with E-state index in [9.17, 15) is 4.79 Å². The second kappa shape index (κ2) is 4.70. The molecule has 0 amide bonds. The number of rotatable bonds is 4. The van der Waals surface area contributed by atoms with Crippen LogP contribution < -0.4 is 0 Å². The van der Waals surface area contributed by atoms with Gasteiger partial charge in [0.05, 0.1) is 11.4 Å². The zero-order valence-corrected chi connectivity index (χ0v) is 8.52. The quantitative estimate of drug-likeness (QED) is 0.714. The van der Waals surface area contributed by atoms with Crippen molar-refractivity contribution in [2.75, 3.05) is 5.75 Å². The van der Waals surface area contributed by atoms with Gasteiger partial charge in [-0.3, -0.25) is 4.79 Å². The predicted octanol–water partition coefficient (Wildman–Crippen LogP) is 0.864. The zero-order valence-electron chi connectivity index (χ0n) is 7.70. The molecule has 1 aromatic heterocycles. The average Bonchev–Trinajstić information content (AvgIpc) is 2.75. The van der Waals surface area contributed by atoms with Gasteiger partial charge in [0.2, 0.25) is 11.4 Å². The van der Waals surface area contributed by atoms with Gasteiger partial charge in [-0.2, -0.15) is 4.68 Å². The van der Waals surface area contributed by atoms with Crippen LogP contribution in [0.3, 0.4) is 0 Å². The fourth-order valence-corrected chi connectivity index (χ4v) is 1.64. The monoisotopic (exact) mass is 219 g/mol. The van der Waals surface area contributed by atoms with Crippen LogP contribution in [0.1, 0.15) is 0 Å². The number of hydrogen-bond donors (Lipinski definition) is 0. The van der Waals surface area contributed by atoms with Crippen LogP contribution in [0.4, 0.5) is 0 Å². The van der Waals surface area contributed by atoms with Crippen molar-refractivity contribution >= 4 is 18.0 Å². The van der Waals surface area contributed by atoms with Gasteiger partial charge < -0.3 is 0 Å². The lowest BCUT2D eigenvalue weighted by Crippen LogP contribution is -1.98. The molecule has 0 fully saturated rings. The second-order valence-electron chi connectivity index (χ2n) is 2.64. The van der Waals surface area contributed by atoms with E-state index in [4.69, 9.17) is 0 Å². The lowest BCUT2D eigenvalue weighted by molar-refractivity contribution is 0.560. The smallest absolute Gasteiger partial charge is 0.214 e. The number of benzene rings is 1. The largest absolute Gasteiger partial charge is 0.290 e. The molecule has 1 aromatic carbocycles. The van der Waals surface area contributed by atoms with E-state index in [1.165, 1.54) is 11.8 Å². The van der Waals surface area contributed by atoms with Gasteiger partial charge in [0.25, 0.3) is 0 Å². The molecule has 1 radical (unpaired) electrons. The summed E-state index contributed by atoms with van der Waals surface area (Å²) in [5.74, 6) is 0.229. The molecule has 0 saturated heterocycles. The van der Waals surface area contributed by atoms with Gasteiger partial charge >= 0.3 is 0 Å². The summed E-state index contributed by atoms with van der Waals surface area (Å²) in [5, 5.41) is 11.8. The summed E-state index contributed by atoms with van der Waals surface area (Å²) in [6.45, 7) is 0. The summed E-state index contributed by atoms with van der Waals surface area (Å²) in [6, 6.07) is 9.50. The minimum atomic E-state index is 0.229. The zero-order chi connectivity index (χ0) is 10.5. The van der Waals surface area contributed by atoms with Crippen molar-refractivity contribution in [3.8, 4) is 5.69 Å². The predicted molar refractivity (Wildman–Crippen MR) is 55.6 cm³/mol. The normalized spacial score (nSPS) is 10.1. The number of hydrogen-bond acceptors (Lipinski definition) is 5.